The largest absolute Gasteiger partial charge is 0.337 e. The first-order valence-corrected chi connectivity index (χ1v) is 9.79. The van der Waals surface area contributed by atoms with Gasteiger partial charge in [0, 0.05) is 36.4 Å². The lowest BCUT2D eigenvalue weighted by molar-refractivity contribution is 0.0762. The van der Waals surface area contributed by atoms with Gasteiger partial charge in [-0.15, -0.1) is 11.8 Å². The number of hydrogen-bond acceptors (Lipinski definition) is 3. The molecule has 0 saturated carbocycles. The second-order valence-electron chi connectivity index (χ2n) is 5.02. The van der Waals surface area contributed by atoms with Crippen LogP contribution in [-0.2, 0) is 0 Å². The maximum atomic E-state index is 12.7. The highest BCUT2D eigenvalue weighted by Crippen LogP contribution is 2.24. The molecule has 1 aromatic rings. The first-order chi connectivity index (χ1) is 10.2. The summed E-state index contributed by atoms with van der Waals surface area (Å²) in [7, 11) is 0. The first-order valence-electron chi connectivity index (χ1n) is 7.07. The molecule has 1 aliphatic rings. The summed E-state index contributed by atoms with van der Waals surface area (Å²) in [6, 6.07) is 5.66. The summed E-state index contributed by atoms with van der Waals surface area (Å²) >= 11 is 11.3. The second-order valence-corrected chi connectivity index (χ2v) is 7.10. The maximum Gasteiger partial charge on any atom is 0.255 e. The maximum absolute atomic E-state index is 12.7. The summed E-state index contributed by atoms with van der Waals surface area (Å²) in [5.41, 5.74) is 0.623. The number of hydrogen-bond donors (Lipinski definition) is 0. The predicted molar refractivity (Wildman–Crippen MR) is 94.0 cm³/mol. The lowest BCUT2D eigenvalue weighted by atomic mass is 10.2. The molecule has 0 N–H and O–H groups in total. The third-order valence-corrected chi connectivity index (χ3v) is 5.09. The zero-order chi connectivity index (χ0) is 15.2. The van der Waals surface area contributed by atoms with Crippen LogP contribution in [0.4, 0.5) is 0 Å². The molecule has 0 unspecified atom stereocenters. The summed E-state index contributed by atoms with van der Waals surface area (Å²) in [6.45, 7) is 4.58. The molecule has 1 heterocycles. The number of thioether (sulfide) groups is 1. The highest BCUT2D eigenvalue weighted by molar-refractivity contribution is 9.09. The van der Waals surface area contributed by atoms with Crippen LogP contribution < -0.4 is 0 Å². The van der Waals surface area contributed by atoms with Gasteiger partial charge in [0.2, 0.25) is 0 Å². The Labute approximate surface area is 144 Å². The molecule has 1 aromatic carbocycles. The second kappa shape index (κ2) is 8.42. The predicted octanol–water partition coefficient (Wildman–Crippen LogP) is 3.60. The van der Waals surface area contributed by atoms with Gasteiger partial charge in [-0.3, -0.25) is 4.79 Å². The fourth-order valence-electron chi connectivity index (χ4n) is 2.48. The highest BCUT2D eigenvalue weighted by atomic mass is 79.9. The molecule has 2 rings (SSSR count). The topological polar surface area (TPSA) is 23.6 Å². The molecule has 0 radical (unpaired) electrons. The molecule has 1 fully saturated rings. The van der Waals surface area contributed by atoms with Crippen LogP contribution in [0.2, 0.25) is 5.02 Å². The molecular weight excluding hydrogens is 372 g/mol. The van der Waals surface area contributed by atoms with Crippen LogP contribution in [0.3, 0.4) is 0 Å². The minimum absolute atomic E-state index is 0.0524. The molecule has 0 aromatic heterocycles. The third kappa shape index (κ3) is 4.62. The third-order valence-electron chi connectivity index (χ3n) is 3.68. The average molecular weight is 392 g/mol. The Hall–Kier alpha value is -0.230. The number of carbonyl (C=O) groups excluding carboxylic acids is 1. The van der Waals surface area contributed by atoms with E-state index in [1.165, 1.54) is 0 Å². The van der Waals surface area contributed by atoms with Crippen molar-refractivity contribution in [2.45, 2.75) is 11.3 Å². The van der Waals surface area contributed by atoms with E-state index in [2.05, 4.69) is 20.8 Å². The number of amides is 1. The Kier molecular flexibility index (Phi) is 6.86. The van der Waals surface area contributed by atoms with Crippen LogP contribution in [0.1, 0.15) is 16.8 Å². The molecular formula is C15H20BrClN2OS. The Morgan fingerprint density at radius 1 is 1.33 bits per heavy atom. The van der Waals surface area contributed by atoms with Gasteiger partial charge in [-0.1, -0.05) is 27.5 Å². The van der Waals surface area contributed by atoms with Gasteiger partial charge in [0.25, 0.3) is 5.91 Å². The van der Waals surface area contributed by atoms with Gasteiger partial charge in [0.05, 0.1) is 10.6 Å². The Bertz CT molecular complexity index is 501. The molecule has 0 bridgehead atoms. The Balaban J connectivity index is 2.09. The molecule has 21 heavy (non-hydrogen) atoms. The lowest BCUT2D eigenvalue weighted by Crippen LogP contribution is -2.35. The minimum atomic E-state index is 0.0524. The summed E-state index contributed by atoms with van der Waals surface area (Å²) in [5.74, 6) is 0.0524. The summed E-state index contributed by atoms with van der Waals surface area (Å²) in [5, 5.41) is 1.52. The summed E-state index contributed by atoms with van der Waals surface area (Å²) in [6.07, 6.45) is 3.01. The van der Waals surface area contributed by atoms with Gasteiger partial charge < -0.3 is 9.80 Å². The molecule has 1 saturated heterocycles. The normalized spacial score (nSPS) is 16.8. The highest BCUT2D eigenvalue weighted by Gasteiger charge is 2.22. The molecule has 1 amide bonds. The summed E-state index contributed by atoms with van der Waals surface area (Å²) < 4.78 is 0. The Morgan fingerprint density at radius 2 is 2.14 bits per heavy atom. The van der Waals surface area contributed by atoms with Crippen LogP contribution in [0.5, 0.6) is 0 Å². The minimum Gasteiger partial charge on any atom is -0.337 e. The Morgan fingerprint density at radius 3 is 2.86 bits per heavy atom. The number of benzene rings is 1. The average Bonchev–Trinajstić information content (AvgIpc) is 2.73. The van der Waals surface area contributed by atoms with E-state index in [1.807, 2.05) is 29.4 Å². The van der Waals surface area contributed by atoms with E-state index in [9.17, 15) is 4.79 Å². The number of alkyl halides is 1. The van der Waals surface area contributed by atoms with Crippen molar-refractivity contribution in [3.05, 3.63) is 28.8 Å². The number of rotatable bonds is 4. The first kappa shape index (κ1) is 17.1. The lowest BCUT2D eigenvalue weighted by Gasteiger charge is -2.22. The van der Waals surface area contributed by atoms with Gasteiger partial charge in [0.1, 0.15) is 0 Å². The molecule has 3 nitrogen and oxygen atoms in total. The monoisotopic (exact) mass is 390 g/mol. The van der Waals surface area contributed by atoms with Gasteiger partial charge in [-0.05, 0) is 37.4 Å². The van der Waals surface area contributed by atoms with Gasteiger partial charge in [0.15, 0.2) is 0 Å². The SMILES string of the molecule is CSc1ccc(Cl)c(C(=O)N2CCCN(CCBr)CC2)c1. The molecule has 0 spiro atoms. The van der Waals surface area contributed by atoms with Crippen LogP contribution >= 0.6 is 39.3 Å². The summed E-state index contributed by atoms with van der Waals surface area (Å²) in [4.78, 5) is 18.1. The van der Waals surface area contributed by atoms with Crippen molar-refractivity contribution in [1.82, 2.24) is 9.80 Å². The molecule has 0 aliphatic carbocycles. The fourth-order valence-corrected chi connectivity index (χ4v) is 3.62. The van der Waals surface area contributed by atoms with Crippen molar-refractivity contribution in [2.75, 3.05) is 44.3 Å². The molecule has 1 aliphatic heterocycles. The van der Waals surface area contributed by atoms with Crippen molar-refractivity contribution in [2.24, 2.45) is 0 Å². The zero-order valence-corrected chi connectivity index (χ0v) is 15.3. The molecule has 0 atom stereocenters. The molecule has 116 valence electrons. The number of nitrogens with zero attached hydrogens (tertiary/aromatic N) is 2. The molecule has 6 heteroatoms. The van der Waals surface area contributed by atoms with Crippen molar-refractivity contribution >= 4 is 45.2 Å². The fraction of sp³-hybridized carbons (Fsp3) is 0.533. The van der Waals surface area contributed by atoms with Gasteiger partial charge in [-0.2, -0.15) is 0 Å². The van der Waals surface area contributed by atoms with Crippen molar-refractivity contribution in [3.63, 3.8) is 0 Å². The number of halogens is 2. The van der Waals surface area contributed by atoms with Crippen molar-refractivity contribution in [1.29, 1.82) is 0 Å². The van der Waals surface area contributed by atoms with E-state index in [1.54, 1.807) is 11.8 Å². The number of carbonyl (C=O) groups is 1. The van der Waals surface area contributed by atoms with E-state index in [-0.39, 0.29) is 5.91 Å². The van der Waals surface area contributed by atoms with Crippen LogP contribution in [0, 0.1) is 0 Å². The van der Waals surface area contributed by atoms with E-state index < -0.39 is 0 Å². The standard InChI is InChI=1S/C15H20BrClN2OS/c1-21-12-3-4-14(17)13(11-12)15(20)19-7-2-6-18(8-5-16)9-10-19/h3-4,11H,2,5-10H2,1H3. The van der Waals surface area contributed by atoms with Gasteiger partial charge >= 0.3 is 0 Å². The van der Waals surface area contributed by atoms with E-state index in [0.717, 1.165) is 49.4 Å². The van der Waals surface area contributed by atoms with Crippen molar-refractivity contribution in [3.8, 4) is 0 Å². The quantitative estimate of drug-likeness (QED) is 0.579. The van der Waals surface area contributed by atoms with Gasteiger partial charge in [-0.25, -0.2) is 0 Å². The van der Waals surface area contributed by atoms with Crippen molar-refractivity contribution < 1.29 is 4.79 Å². The van der Waals surface area contributed by atoms with Crippen LogP contribution in [-0.4, -0.2) is 60.0 Å². The smallest absolute Gasteiger partial charge is 0.255 e. The zero-order valence-electron chi connectivity index (χ0n) is 12.1. The van der Waals surface area contributed by atoms with E-state index >= 15 is 0 Å². The van der Waals surface area contributed by atoms with E-state index in [0.29, 0.717) is 10.6 Å². The van der Waals surface area contributed by atoms with Crippen LogP contribution in [0.25, 0.3) is 0 Å². The van der Waals surface area contributed by atoms with Crippen LogP contribution in [0.15, 0.2) is 23.1 Å². The van der Waals surface area contributed by atoms with E-state index in [4.69, 9.17) is 11.6 Å².